The Kier molecular flexibility index (Phi) is 7.62. The number of sulfonamides is 1. The van der Waals surface area contributed by atoms with Crippen LogP contribution < -0.4 is 15.5 Å². The highest BCUT2D eigenvalue weighted by molar-refractivity contribution is 7.89. The van der Waals surface area contributed by atoms with Crippen molar-refractivity contribution in [1.82, 2.24) is 0 Å². The van der Waals surface area contributed by atoms with Crippen molar-refractivity contribution in [3.05, 3.63) is 73.3 Å². The Morgan fingerprint density at radius 2 is 1.48 bits per heavy atom. The highest BCUT2D eigenvalue weighted by Crippen LogP contribution is 2.37. The van der Waals surface area contributed by atoms with E-state index in [9.17, 15) is 8.42 Å². The average molecular weight is 432 g/mol. The molecule has 158 valence electrons. The van der Waals surface area contributed by atoms with Gasteiger partial charge in [-0.1, -0.05) is 87.5 Å². The van der Waals surface area contributed by atoms with Gasteiger partial charge in [0.15, 0.2) is 0 Å². The Labute approximate surface area is 177 Å². The van der Waals surface area contributed by atoms with E-state index in [1.807, 2.05) is 36.4 Å². The van der Waals surface area contributed by atoms with Gasteiger partial charge in [0.05, 0.1) is 5.25 Å². The molecule has 2 atom stereocenters. The van der Waals surface area contributed by atoms with Gasteiger partial charge in [0.2, 0.25) is 10.0 Å². The summed E-state index contributed by atoms with van der Waals surface area (Å²) in [5, 5.41) is 6.93. The largest absolute Gasteiger partial charge is 0.407 e. The third-order valence-electron chi connectivity index (χ3n) is 5.46. The molecule has 0 unspecified atom stereocenters. The molecular weight excluding hydrogens is 398 g/mol. The van der Waals surface area contributed by atoms with Gasteiger partial charge in [-0.05, 0) is 34.7 Å². The van der Waals surface area contributed by atoms with Gasteiger partial charge in [-0.25, -0.2) is 13.6 Å². The molecule has 2 aromatic carbocycles. The van der Waals surface area contributed by atoms with Crippen molar-refractivity contribution in [2.45, 2.75) is 44.4 Å². The van der Waals surface area contributed by atoms with Crippen molar-refractivity contribution in [3.63, 3.8) is 0 Å². The summed E-state index contributed by atoms with van der Waals surface area (Å²) in [6.07, 6.45) is 2.17. The van der Waals surface area contributed by atoms with Crippen molar-refractivity contribution in [2.24, 2.45) is 11.1 Å². The molecule has 0 radical (unpaired) electrons. The number of nitrogens with two attached hydrogens (primary N) is 1. The van der Waals surface area contributed by atoms with Crippen LogP contribution in [-0.4, -0.2) is 28.6 Å². The maximum absolute atomic E-state index is 11.7. The highest BCUT2D eigenvalue weighted by Gasteiger charge is 2.50. The molecule has 4 nitrogen and oxygen atoms in total. The van der Waals surface area contributed by atoms with Crippen LogP contribution in [-0.2, 0) is 14.4 Å². The molecule has 0 spiro atoms. The molecule has 0 saturated carbocycles. The molecular formula is C23H33NO3SSi. The number of rotatable bonds is 9. The zero-order valence-electron chi connectivity index (χ0n) is 17.8. The monoisotopic (exact) mass is 431 g/mol. The topological polar surface area (TPSA) is 69.4 Å². The summed E-state index contributed by atoms with van der Waals surface area (Å²) in [6, 6.07) is 20.8. The first kappa shape index (κ1) is 23.5. The Morgan fingerprint density at radius 3 is 1.83 bits per heavy atom. The van der Waals surface area contributed by atoms with Gasteiger partial charge < -0.3 is 4.43 Å². The van der Waals surface area contributed by atoms with Crippen LogP contribution in [0.25, 0.3) is 0 Å². The SMILES string of the molecule is C=C[C@@H](CO[Si](c1ccccc1)(c1ccccc1)C(C)(C)C)C[C@@H](C)S(N)(=O)=O. The van der Waals surface area contributed by atoms with E-state index in [4.69, 9.17) is 9.56 Å². The van der Waals surface area contributed by atoms with Crippen LogP contribution in [0, 0.1) is 5.92 Å². The van der Waals surface area contributed by atoms with Crippen LogP contribution in [0.15, 0.2) is 73.3 Å². The molecule has 0 aliphatic carbocycles. The minimum atomic E-state index is -3.59. The van der Waals surface area contributed by atoms with Crippen LogP contribution in [0.5, 0.6) is 0 Å². The summed E-state index contributed by atoms with van der Waals surface area (Å²) in [5.41, 5.74) is 0. The molecule has 0 aliphatic rings. The van der Waals surface area contributed by atoms with Crippen LogP contribution in [0.2, 0.25) is 5.04 Å². The fourth-order valence-corrected chi connectivity index (χ4v) is 8.92. The third-order valence-corrected chi connectivity index (χ3v) is 11.8. The molecule has 2 N–H and O–H groups in total. The predicted molar refractivity (Wildman–Crippen MR) is 124 cm³/mol. The summed E-state index contributed by atoms with van der Waals surface area (Å²) in [6.45, 7) is 12.6. The maximum atomic E-state index is 11.7. The molecule has 0 saturated heterocycles. The molecule has 0 aliphatic heterocycles. The summed E-state index contributed by atoms with van der Waals surface area (Å²) >= 11 is 0. The fraction of sp³-hybridized carbons (Fsp3) is 0.391. The Hall–Kier alpha value is -1.73. The molecule has 0 heterocycles. The van der Waals surface area contributed by atoms with Crippen LogP contribution >= 0.6 is 0 Å². The summed E-state index contributed by atoms with van der Waals surface area (Å²) in [5.74, 6) is -0.107. The lowest BCUT2D eigenvalue weighted by molar-refractivity contribution is 0.253. The molecule has 0 fully saturated rings. The first-order chi connectivity index (χ1) is 13.5. The van der Waals surface area contributed by atoms with E-state index in [0.717, 1.165) is 0 Å². The lowest BCUT2D eigenvalue weighted by Crippen LogP contribution is -2.66. The Morgan fingerprint density at radius 1 is 1.03 bits per heavy atom. The smallest absolute Gasteiger partial charge is 0.261 e. The Balaban J connectivity index is 2.47. The zero-order valence-corrected chi connectivity index (χ0v) is 19.7. The van der Waals surface area contributed by atoms with Gasteiger partial charge in [0, 0.05) is 6.61 Å². The van der Waals surface area contributed by atoms with Gasteiger partial charge in [-0.2, -0.15) is 0 Å². The van der Waals surface area contributed by atoms with E-state index >= 15 is 0 Å². The van der Waals surface area contributed by atoms with Crippen molar-refractivity contribution in [2.75, 3.05) is 6.61 Å². The van der Waals surface area contributed by atoms with Crippen molar-refractivity contribution in [3.8, 4) is 0 Å². The molecule has 0 bridgehead atoms. The van der Waals surface area contributed by atoms with Crippen molar-refractivity contribution in [1.29, 1.82) is 0 Å². The van der Waals surface area contributed by atoms with E-state index in [0.29, 0.717) is 13.0 Å². The minimum Gasteiger partial charge on any atom is -0.407 e. The number of benzene rings is 2. The quantitative estimate of drug-likeness (QED) is 0.488. The zero-order chi connectivity index (χ0) is 21.7. The van der Waals surface area contributed by atoms with Gasteiger partial charge in [0.25, 0.3) is 8.32 Å². The van der Waals surface area contributed by atoms with Crippen LogP contribution in [0.1, 0.15) is 34.1 Å². The third kappa shape index (κ3) is 5.45. The molecule has 2 rings (SSSR count). The van der Waals surface area contributed by atoms with Crippen molar-refractivity contribution >= 4 is 28.7 Å². The maximum Gasteiger partial charge on any atom is 0.261 e. The molecule has 0 amide bonds. The lowest BCUT2D eigenvalue weighted by atomic mass is 10.1. The first-order valence-electron chi connectivity index (χ1n) is 9.91. The average Bonchev–Trinajstić information content (AvgIpc) is 2.67. The van der Waals surface area contributed by atoms with E-state index in [1.54, 1.807) is 13.0 Å². The predicted octanol–water partition coefficient (Wildman–Crippen LogP) is 3.43. The first-order valence-corrected chi connectivity index (χ1v) is 13.4. The highest BCUT2D eigenvalue weighted by atomic mass is 32.2. The normalized spacial score (nSPS) is 14.9. The van der Waals surface area contributed by atoms with E-state index in [-0.39, 0.29) is 11.0 Å². The second-order valence-corrected chi connectivity index (χ2v) is 14.9. The second-order valence-electron chi connectivity index (χ2n) is 8.61. The minimum absolute atomic E-state index is 0.107. The van der Waals surface area contributed by atoms with Crippen LogP contribution in [0.3, 0.4) is 0 Å². The molecule has 0 aromatic heterocycles. The van der Waals surface area contributed by atoms with Crippen molar-refractivity contribution < 1.29 is 12.8 Å². The summed E-state index contributed by atoms with van der Waals surface area (Å²) in [7, 11) is -6.24. The second kappa shape index (κ2) is 9.39. The van der Waals surface area contributed by atoms with Gasteiger partial charge in [0.1, 0.15) is 0 Å². The standard InChI is InChI=1S/C23H33NO3SSi/c1-6-20(17-19(2)28(24,25)26)18-27-29(23(3,4)5,21-13-9-7-10-14-21)22-15-11-8-12-16-22/h6-16,19-20H,1,17-18H2,2-5H3,(H2,24,25,26)/t19-,20-/m1/s1. The van der Waals surface area contributed by atoms with E-state index < -0.39 is 23.6 Å². The summed E-state index contributed by atoms with van der Waals surface area (Å²) < 4.78 is 30.3. The number of hydrogen-bond acceptors (Lipinski definition) is 3. The Bertz CT molecular complexity index is 853. The lowest BCUT2D eigenvalue weighted by Gasteiger charge is -2.43. The molecule has 29 heavy (non-hydrogen) atoms. The van der Waals surface area contributed by atoms with E-state index in [1.165, 1.54) is 10.4 Å². The molecule has 6 heteroatoms. The van der Waals surface area contributed by atoms with E-state index in [2.05, 4.69) is 51.6 Å². The van der Waals surface area contributed by atoms with Gasteiger partial charge in [-0.3, -0.25) is 0 Å². The number of primary sulfonamides is 1. The van der Waals surface area contributed by atoms with Crippen LogP contribution in [0.4, 0.5) is 0 Å². The van der Waals surface area contributed by atoms with Gasteiger partial charge in [-0.15, -0.1) is 6.58 Å². The molecule has 2 aromatic rings. The fourth-order valence-electron chi connectivity index (χ4n) is 3.79. The van der Waals surface area contributed by atoms with Gasteiger partial charge >= 0.3 is 0 Å². The summed E-state index contributed by atoms with van der Waals surface area (Å²) in [4.78, 5) is 0. The number of hydrogen-bond donors (Lipinski definition) is 1.